The summed E-state index contributed by atoms with van der Waals surface area (Å²) >= 11 is 0. The summed E-state index contributed by atoms with van der Waals surface area (Å²) in [5.41, 5.74) is 5.19. The van der Waals surface area contributed by atoms with Gasteiger partial charge in [-0.3, -0.25) is 0 Å². The van der Waals surface area contributed by atoms with E-state index in [0.717, 1.165) is 0 Å². The molecule has 0 fully saturated rings. The van der Waals surface area contributed by atoms with Gasteiger partial charge in [-0.15, -0.1) is 10.0 Å². The van der Waals surface area contributed by atoms with Crippen LogP contribution >= 0.6 is 10.0 Å². The third-order valence-electron chi connectivity index (χ3n) is 5.37. The molecule has 0 nitrogen and oxygen atoms in total. The van der Waals surface area contributed by atoms with Crippen molar-refractivity contribution in [1.82, 2.24) is 0 Å². The fourth-order valence-electron chi connectivity index (χ4n) is 4.04. The minimum absolute atomic E-state index is 1.30. The highest BCUT2D eigenvalue weighted by Crippen LogP contribution is 2.73. The Hall–Kier alpha value is -2.77. The van der Waals surface area contributed by atoms with Crippen LogP contribution in [0, 0.1) is 27.7 Å². The van der Waals surface area contributed by atoms with Crippen LogP contribution in [0.25, 0.3) is 0 Å². The van der Waals surface area contributed by atoms with Gasteiger partial charge in [0.1, 0.15) is 0 Å². The second-order valence-electron chi connectivity index (χ2n) is 7.88. The van der Waals surface area contributed by atoms with E-state index in [4.69, 9.17) is 0 Å². The van der Waals surface area contributed by atoms with Crippen molar-refractivity contribution in [2.45, 2.75) is 47.3 Å². The van der Waals surface area contributed by atoms with E-state index >= 15 is 0 Å². The second-order valence-corrected chi connectivity index (χ2v) is 11.0. The van der Waals surface area contributed by atoms with Crippen LogP contribution < -0.4 is 0 Å². The smallest absolute Gasteiger partial charge is 0.00256 e. The lowest BCUT2D eigenvalue weighted by Gasteiger charge is -2.42. The Kier molecular flexibility index (Phi) is 5.34. The van der Waals surface area contributed by atoms with Crippen LogP contribution in [0.15, 0.2) is 117 Å². The van der Waals surface area contributed by atoms with Crippen molar-refractivity contribution >= 4 is 10.0 Å². The summed E-state index contributed by atoms with van der Waals surface area (Å²) < 4.78 is 0. The third-order valence-corrected chi connectivity index (χ3v) is 9.22. The van der Waals surface area contributed by atoms with Gasteiger partial charge in [-0.05, 0) is 76.2 Å². The topological polar surface area (TPSA) is 0 Å². The molecular formula is C28H28S. The number of benzene rings is 4. The summed E-state index contributed by atoms with van der Waals surface area (Å²) in [5.74, 6) is 0. The normalized spacial score (nSPS) is 12.0. The summed E-state index contributed by atoms with van der Waals surface area (Å²) in [5, 5.41) is 0. The van der Waals surface area contributed by atoms with E-state index in [-0.39, 0.29) is 0 Å². The Bertz CT molecular complexity index is 969. The average molecular weight is 397 g/mol. The molecule has 0 aromatic heterocycles. The van der Waals surface area contributed by atoms with Gasteiger partial charge in [-0.2, -0.15) is 0 Å². The fraction of sp³-hybridized carbons (Fsp3) is 0.143. The lowest BCUT2D eigenvalue weighted by atomic mass is 10.2. The minimum Gasteiger partial charge on any atom is -0.133 e. The molecule has 4 aromatic rings. The molecule has 0 heterocycles. The molecule has 0 saturated heterocycles. The lowest BCUT2D eigenvalue weighted by molar-refractivity contribution is 1.20. The summed E-state index contributed by atoms with van der Waals surface area (Å²) in [4.78, 5) is 5.55. The lowest BCUT2D eigenvalue weighted by Crippen LogP contribution is -2.06. The van der Waals surface area contributed by atoms with Gasteiger partial charge < -0.3 is 0 Å². The first-order valence-electron chi connectivity index (χ1n) is 10.1. The maximum atomic E-state index is 2.38. The first kappa shape index (κ1) is 19.5. The molecule has 0 unspecified atom stereocenters. The van der Waals surface area contributed by atoms with Gasteiger partial charge in [-0.1, -0.05) is 70.8 Å². The van der Waals surface area contributed by atoms with Crippen molar-refractivity contribution in [1.29, 1.82) is 0 Å². The second kappa shape index (κ2) is 7.93. The van der Waals surface area contributed by atoms with E-state index in [1.165, 1.54) is 41.8 Å². The van der Waals surface area contributed by atoms with Crippen LogP contribution in [0.4, 0.5) is 0 Å². The number of hydrogen-bond acceptors (Lipinski definition) is 0. The third kappa shape index (κ3) is 3.63. The molecule has 0 spiro atoms. The average Bonchev–Trinajstić information content (AvgIpc) is 2.69. The highest BCUT2D eigenvalue weighted by atomic mass is 32.3. The van der Waals surface area contributed by atoms with E-state index in [1.807, 2.05) is 0 Å². The molecule has 0 saturated carbocycles. The summed E-state index contributed by atoms with van der Waals surface area (Å²) in [6.07, 6.45) is 0. The predicted octanol–water partition coefficient (Wildman–Crippen LogP) is 8.26. The van der Waals surface area contributed by atoms with E-state index in [0.29, 0.717) is 0 Å². The monoisotopic (exact) mass is 396 g/mol. The van der Waals surface area contributed by atoms with Crippen molar-refractivity contribution < 1.29 is 0 Å². The summed E-state index contributed by atoms with van der Waals surface area (Å²) in [6.45, 7) is 8.76. The maximum absolute atomic E-state index is 2.38. The molecule has 146 valence electrons. The summed E-state index contributed by atoms with van der Waals surface area (Å²) in [6, 6.07) is 36.3. The van der Waals surface area contributed by atoms with Crippen LogP contribution in [0.1, 0.15) is 22.3 Å². The van der Waals surface area contributed by atoms with E-state index in [1.54, 1.807) is 0 Å². The van der Waals surface area contributed by atoms with Gasteiger partial charge >= 0.3 is 0 Å². The van der Waals surface area contributed by atoms with Crippen LogP contribution in [0.3, 0.4) is 0 Å². The molecule has 0 aliphatic heterocycles. The van der Waals surface area contributed by atoms with Crippen LogP contribution in [0.5, 0.6) is 0 Å². The number of hydrogen-bond donors (Lipinski definition) is 0. The molecule has 0 aliphatic rings. The molecule has 0 radical (unpaired) electrons. The molecule has 0 aliphatic carbocycles. The molecule has 0 N–H and O–H groups in total. The van der Waals surface area contributed by atoms with Crippen LogP contribution in [-0.4, -0.2) is 0 Å². The SMILES string of the molecule is Cc1cccc(S(c2cccc(C)c2)(c2cccc(C)c2)c2cccc(C)c2)c1. The van der Waals surface area contributed by atoms with Crippen LogP contribution in [0.2, 0.25) is 0 Å². The zero-order valence-electron chi connectivity index (χ0n) is 17.6. The van der Waals surface area contributed by atoms with Crippen molar-refractivity contribution in [3.05, 3.63) is 119 Å². The maximum Gasteiger partial charge on any atom is 0.00256 e. The van der Waals surface area contributed by atoms with Gasteiger partial charge in [0.25, 0.3) is 0 Å². The Balaban J connectivity index is 2.19. The van der Waals surface area contributed by atoms with E-state index in [9.17, 15) is 0 Å². The number of rotatable bonds is 4. The molecule has 0 amide bonds. The highest BCUT2D eigenvalue weighted by Gasteiger charge is 2.33. The first-order valence-corrected chi connectivity index (χ1v) is 11.7. The fourth-order valence-corrected chi connectivity index (χ4v) is 8.25. The zero-order valence-corrected chi connectivity index (χ0v) is 18.5. The van der Waals surface area contributed by atoms with Gasteiger partial charge in [0.15, 0.2) is 0 Å². The Morgan fingerprint density at radius 3 is 0.828 bits per heavy atom. The van der Waals surface area contributed by atoms with Gasteiger partial charge in [-0.25, -0.2) is 0 Å². The van der Waals surface area contributed by atoms with Crippen molar-refractivity contribution in [2.75, 3.05) is 0 Å². The largest absolute Gasteiger partial charge is 0.133 e. The zero-order chi connectivity index (χ0) is 20.4. The predicted molar refractivity (Wildman–Crippen MR) is 125 cm³/mol. The highest BCUT2D eigenvalue weighted by molar-refractivity contribution is 8.34. The van der Waals surface area contributed by atoms with Crippen molar-refractivity contribution in [3.8, 4) is 0 Å². The van der Waals surface area contributed by atoms with Crippen molar-refractivity contribution in [3.63, 3.8) is 0 Å². The molecular weight excluding hydrogens is 368 g/mol. The standard InChI is InChI=1S/C28H28S/c1-21-9-5-13-25(17-21)29(26-14-6-10-22(2)18-26,27-15-7-11-23(3)19-27)28-16-8-12-24(4)20-28/h5-20H,1-4H3. The first-order chi connectivity index (χ1) is 14.0. The Morgan fingerprint density at radius 1 is 0.379 bits per heavy atom. The summed E-state index contributed by atoms with van der Waals surface area (Å²) in [7, 11) is -1.60. The van der Waals surface area contributed by atoms with E-state index < -0.39 is 10.0 Å². The molecule has 29 heavy (non-hydrogen) atoms. The van der Waals surface area contributed by atoms with Gasteiger partial charge in [0.05, 0.1) is 0 Å². The molecule has 1 heteroatoms. The van der Waals surface area contributed by atoms with Crippen molar-refractivity contribution in [2.24, 2.45) is 0 Å². The number of aryl methyl sites for hydroxylation is 4. The minimum atomic E-state index is -1.60. The Morgan fingerprint density at radius 2 is 0.621 bits per heavy atom. The molecule has 0 bridgehead atoms. The molecule has 0 atom stereocenters. The van der Waals surface area contributed by atoms with Gasteiger partial charge in [0, 0.05) is 19.6 Å². The Labute approximate surface area is 176 Å². The quantitative estimate of drug-likeness (QED) is 0.326. The molecule has 4 aromatic carbocycles. The van der Waals surface area contributed by atoms with E-state index in [2.05, 4.69) is 125 Å². The van der Waals surface area contributed by atoms with Crippen LogP contribution in [-0.2, 0) is 0 Å². The molecule has 4 rings (SSSR count). The van der Waals surface area contributed by atoms with Gasteiger partial charge in [0.2, 0.25) is 0 Å².